The van der Waals surface area contributed by atoms with Crippen LogP contribution in [-0.4, -0.2) is 27.9 Å². The van der Waals surface area contributed by atoms with Gasteiger partial charge in [-0.3, -0.25) is 4.79 Å². The highest BCUT2D eigenvalue weighted by atomic mass is 32.3. The maximum absolute atomic E-state index is 12.6. The van der Waals surface area contributed by atoms with Crippen LogP contribution in [0.2, 0.25) is 0 Å². The van der Waals surface area contributed by atoms with Gasteiger partial charge in [0.15, 0.2) is 15.3 Å². The summed E-state index contributed by atoms with van der Waals surface area (Å²) in [5.74, 6) is -0.0873. The number of fused-ring (bicyclic) bond motifs is 1. The Hall–Kier alpha value is -2.02. The van der Waals surface area contributed by atoms with E-state index in [2.05, 4.69) is 5.32 Å². The first-order valence-corrected chi connectivity index (χ1v) is 8.90. The molecule has 2 heterocycles. The summed E-state index contributed by atoms with van der Waals surface area (Å²) in [6.45, 7) is 0.453. The van der Waals surface area contributed by atoms with E-state index in [1.165, 1.54) is 4.31 Å². The number of rotatable bonds is 2. The van der Waals surface area contributed by atoms with Gasteiger partial charge in [-0.2, -0.15) is 0 Å². The van der Waals surface area contributed by atoms with Crippen molar-refractivity contribution in [3.8, 4) is 0 Å². The van der Waals surface area contributed by atoms with Crippen LogP contribution in [0.15, 0.2) is 59.5 Å². The smallest absolute Gasteiger partial charge is 0.233 e. The molecule has 23 heavy (non-hydrogen) atoms. The Labute approximate surface area is 135 Å². The van der Waals surface area contributed by atoms with Gasteiger partial charge < -0.3 is 9.87 Å². The number of anilines is 1. The van der Waals surface area contributed by atoms with Crippen LogP contribution in [0, 0.1) is 5.41 Å². The first-order chi connectivity index (χ1) is 11.0. The van der Waals surface area contributed by atoms with Crippen LogP contribution < -0.4 is 5.32 Å². The molecule has 1 N–H and O–H groups in total. The van der Waals surface area contributed by atoms with Crippen LogP contribution in [0.1, 0.15) is 5.56 Å². The maximum Gasteiger partial charge on any atom is 0.233 e. The Morgan fingerprint density at radius 3 is 2.43 bits per heavy atom. The Morgan fingerprint density at radius 1 is 1.04 bits per heavy atom. The first-order valence-electron chi connectivity index (χ1n) is 7.46. The fourth-order valence-electron chi connectivity index (χ4n) is 3.29. The van der Waals surface area contributed by atoms with Gasteiger partial charge in [-0.25, -0.2) is 0 Å². The van der Waals surface area contributed by atoms with Gasteiger partial charge in [0, 0.05) is 5.69 Å². The summed E-state index contributed by atoms with van der Waals surface area (Å²) < 4.78 is 26.6. The summed E-state index contributed by atoms with van der Waals surface area (Å²) in [5, 5.41) is 2.90. The standard InChI is InChI=1S/C17H16N2O3S/c20-16-17(10-13-6-4-5-9-15(13)18-16)11-19(12-17)23(21,22)14-7-2-1-3-8-14/h1-9H,10-12H2,(H-,18,20,21,22). The molecule has 1 amide bonds. The second-order valence-corrected chi connectivity index (χ2v) is 8.09. The molecule has 0 saturated carbocycles. The molecule has 1 unspecified atom stereocenters. The van der Waals surface area contributed by atoms with E-state index < -0.39 is 15.8 Å². The highest BCUT2D eigenvalue weighted by Gasteiger charge is 2.57. The number of hydrogen-bond donors (Lipinski definition) is 1. The molecule has 0 aliphatic carbocycles. The molecule has 0 bridgehead atoms. The normalized spacial score (nSPS) is 21.9. The van der Waals surface area contributed by atoms with Crippen LogP contribution in [0.5, 0.6) is 0 Å². The predicted octanol–water partition coefficient (Wildman–Crippen LogP) is 2.09. The van der Waals surface area contributed by atoms with Crippen molar-refractivity contribution in [3.05, 3.63) is 60.2 Å². The second-order valence-electron chi connectivity index (χ2n) is 6.15. The monoisotopic (exact) mass is 328 g/mol. The van der Waals surface area contributed by atoms with E-state index in [0.29, 0.717) is 6.42 Å². The molecule has 4 rings (SSSR count). The molecular weight excluding hydrogens is 312 g/mol. The van der Waals surface area contributed by atoms with Gasteiger partial charge in [0.05, 0.1) is 18.5 Å². The Morgan fingerprint density at radius 2 is 1.70 bits per heavy atom. The zero-order valence-electron chi connectivity index (χ0n) is 12.4. The number of para-hydroxylation sites is 1. The van der Waals surface area contributed by atoms with Crippen molar-refractivity contribution in [1.29, 1.82) is 0 Å². The number of amides is 1. The third-order valence-corrected chi connectivity index (χ3v) is 6.42. The molecule has 2 aliphatic rings. The number of carbonyl (C=O) groups is 1. The van der Waals surface area contributed by atoms with Crippen LogP contribution >= 0.6 is 0 Å². The lowest BCUT2D eigenvalue weighted by Crippen LogP contribution is -2.66. The van der Waals surface area contributed by atoms with Gasteiger partial charge in [0.25, 0.3) is 0 Å². The number of benzene rings is 2. The van der Waals surface area contributed by atoms with Gasteiger partial charge in [0.1, 0.15) is 0 Å². The van der Waals surface area contributed by atoms with Crippen molar-refractivity contribution >= 4 is 22.0 Å². The molecule has 2 aromatic carbocycles. The van der Waals surface area contributed by atoms with Crippen molar-refractivity contribution in [3.63, 3.8) is 0 Å². The minimum atomic E-state index is -3.53. The van der Waals surface area contributed by atoms with Gasteiger partial charge in [0.2, 0.25) is 5.91 Å². The average Bonchev–Trinajstić information content (AvgIpc) is 2.52. The molecule has 1 saturated heterocycles. The van der Waals surface area contributed by atoms with Crippen molar-refractivity contribution in [1.82, 2.24) is 4.31 Å². The van der Waals surface area contributed by atoms with Gasteiger partial charge >= 0.3 is 0 Å². The van der Waals surface area contributed by atoms with Crippen molar-refractivity contribution in [2.24, 2.45) is 5.41 Å². The largest absolute Gasteiger partial charge is 0.593 e. The van der Waals surface area contributed by atoms with Crippen molar-refractivity contribution in [2.45, 2.75) is 11.3 Å². The van der Waals surface area contributed by atoms with Gasteiger partial charge in [-0.1, -0.05) is 40.6 Å². The fourth-order valence-corrected chi connectivity index (χ4v) is 4.93. The molecule has 6 heteroatoms. The molecule has 0 aromatic heterocycles. The highest BCUT2D eigenvalue weighted by Crippen LogP contribution is 2.44. The highest BCUT2D eigenvalue weighted by molar-refractivity contribution is 7.95. The summed E-state index contributed by atoms with van der Waals surface area (Å²) in [7, 11) is -3.53. The quantitative estimate of drug-likeness (QED) is 0.858. The van der Waals surface area contributed by atoms with E-state index in [-0.39, 0.29) is 23.9 Å². The van der Waals surface area contributed by atoms with Gasteiger partial charge in [-0.15, -0.1) is 4.31 Å². The fraction of sp³-hybridized carbons (Fsp3) is 0.235. The van der Waals surface area contributed by atoms with E-state index >= 15 is 0 Å². The summed E-state index contributed by atoms with van der Waals surface area (Å²) in [6.07, 6.45) is 0.579. The maximum atomic E-state index is 12.6. The first kappa shape index (κ1) is 14.6. The summed E-state index contributed by atoms with van der Waals surface area (Å²) >= 11 is 0. The molecule has 118 valence electrons. The van der Waals surface area contributed by atoms with Crippen molar-refractivity contribution in [2.75, 3.05) is 18.4 Å². The predicted molar refractivity (Wildman–Crippen MR) is 86.3 cm³/mol. The minimum absolute atomic E-state index is 0.0873. The summed E-state index contributed by atoms with van der Waals surface area (Å²) in [5.41, 5.74) is 1.24. The molecule has 2 aliphatic heterocycles. The molecule has 1 fully saturated rings. The summed E-state index contributed by atoms with van der Waals surface area (Å²) in [4.78, 5) is 12.7. The van der Waals surface area contributed by atoms with E-state index in [1.807, 2.05) is 24.3 Å². The molecular formula is C17H16N2O3S. The number of carbonyl (C=O) groups excluding carboxylic acids is 1. The Bertz CT molecular complexity index is 816. The lowest BCUT2D eigenvalue weighted by atomic mass is 9.73. The van der Waals surface area contributed by atoms with Gasteiger partial charge in [-0.05, 0) is 30.2 Å². The zero-order valence-corrected chi connectivity index (χ0v) is 13.2. The van der Waals surface area contributed by atoms with Crippen LogP contribution in [-0.2, 0) is 25.8 Å². The molecule has 5 nitrogen and oxygen atoms in total. The number of nitrogens with zero attached hydrogens (tertiary/aromatic N) is 1. The molecule has 0 radical (unpaired) electrons. The number of sulfonamides is 1. The Balaban J connectivity index is 1.57. The SMILES string of the molecule is O=C1Nc2ccccc2CC12CN([S+](=O)([O-])c1ccccc1)C2. The number of nitrogens with one attached hydrogen (secondary N) is 1. The van der Waals surface area contributed by atoms with E-state index in [0.717, 1.165) is 11.3 Å². The van der Waals surface area contributed by atoms with E-state index in [4.69, 9.17) is 0 Å². The molecule has 1 spiro atoms. The second kappa shape index (κ2) is 4.99. The van der Waals surface area contributed by atoms with Crippen LogP contribution in [0.25, 0.3) is 0 Å². The molecule has 1 atom stereocenters. The van der Waals surface area contributed by atoms with Crippen LogP contribution in [0.3, 0.4) is 0 Å². The lowest BCUT2D eigenvalue weighted by molar-refractivity contribution is -0.132. The van der Waals surface area contributed by atoms with Crippen molar-refractivity contribution < 1.29 is 13.6 Å². The zero-order chi connectivity index (χ0) is 16.1. The minimum Gasteiger partial charge on any atom is -0.593 e. The van der Waals surface area contributed by atoms with E-state index in [1.54, 1.807) is 30.3 Å². The third-order valence-electron chi connectivity index (χ3n) is 4.62. The molecule has 2 aromatic rings. The third kappa shape index (κ3) is 2.22. The Kier molecular flexibility index (Phi) is 3.16. The summed E-state index contributed by atoms with van der Waals surface area (Å²) in [6, 6.07) is 16.0. The van der Waals surface area contributed by atoms with Crippen LogP contribution in [0.4, 0.5) is 5.69 Å². The topological polar surface area (TPSA) is 72.5 Å². The average molecular weight is 328 g/mol. The lowest BCUT2D eigenvalue weighted by Gasteiger charge is -2.49. The van der Waals surface area contributed by atoms with E-state index in [9.17, 15) is 13.6 Å². The number of hydrogen-bond acceptors (Lipinski definition) is 3.